The number of aliphatic hydroxyl groups is 3. The average Bonchev–Trinajstić information content (AvgIpc) is 3.11. The van der Waals surface area contributed by atoms with Crippen molar-refractivity contribution < 1.29 is 24.8 Å². The van der Waals surface area contributed by atoms with Crippen LogP contribution in [0.1, 0.15) is 38.2 Å². The highest BCUT2D eigenvalue weighted by Gasteiger charge is 2.55. The smallest absolute Gasteiger partial charge is 0.285 e. The molecule has 3 rings (SSSR count). The van der Waals surface area contributed by atoms with Gasteiger partial charge in [0.25, 0.3) is 6.02 Å². The minimum Gasteiger partial charge on any atom is -0.457 e. The second-order valence-electron chi connectivity index (χ2n) is 7.23. The molecule has 7 heteroatoms. The van der Waals surface area contributed by atoms with E-state index in [-0.39, 0.29) is 0 Å². The minimum atomic E-state index is -1.34. The molecule has 1 aromatic carbocycles. The molecule has 0 bridgehead atoms. The van der Waals surface area contributed by atoms with Gasteiger partial charge in [-0.2, -0.15) is 0 Å². The molecule has 1 saturated carbocycles. The molecule has 1 aliphatic carbocycles. The lowest BCUT2D eigenvalue weighted by molar-refractivity contribution is -0.191. The zero-order valence-corrected chi connectivity index (χ0v) is 15.7. The van der Waals surface area contributed by atoms with Gasteiger partial charge in [0.05, 0.1) is 12.6 Å². The molecular formula is C20H30N2O5. The third-order valence-electron chi connectivity index (χ3n) is 5.17. The summed E-state index contributed by atoms with van der Waals surface area (Å²) in [5.41, 5.74) is 0.964. The van der Waals surface area contributed by atoms with E-state index in [4.69, 9.17) is 9.47 Å². The van der Waals surface area contributed by atoms with Crippen molar-refractivity contribution in [3.05, 3.63) is 35.9 Å². The number of ether oxygens (including phenoxy) is 2. The summed E-state index contributed by atoms with van der Waals surface area (Å²) in [7, 11) is 0. The van der Waals surface area contributed by atoms with Crippen LogP contribution in [0.4, 0.5) is 0 Å². The maximum absolute atomic E-state index is 10.4. The van der Waals surface area contributed by atoms with Crippen LogP contribution in [0.5, 0.6) is 0 Å². The molecule has 2 aliphatic rings. The van der Waals surface area contributed by atoms with E-state index in [1.54, 1.807) is 0 Å². The fourth-order valence-electron chi connectivity index (χ4n) is 3.59. The van der Waals surface area contributed by atoms with Crippen molar-refractivity contribution >= 4 is 6.02 Å². The van der Waals surface area contributed by atoms with E-state index >= 15 is 0 Å². The number of fused-ring (bicyclic) bond motifs is 1. The Balaban J connectivity index is 1.64. The first-order valence-corrected chi connectivity index (χ1v) is 9.79. The van der Waals surface area contributed by atoms with E-state index in [2.05, 4.69) is 17.2 Å². The van der Waals surface area contributed by atoms with E-state index in [1.807, 2.05) is 30.3 Å². The molecule has 0 spiro atoms. The first-order valence-electron chi connectivity index (χ1n) is 9.79. The number of nitrogens with one attached hydrogen (secondary N) is 1. The van der Waals surface area contributed by atoms with E-state index in [1.165, 1.54) is 6.42 Å². The predicted octanol–water partition coefficient (Wildman–Crippen LogP) is 0.961. The van der Waals surface area contributed by atoms with Gasteiger partial charge in [0, 0.05) is 6.54 Å². The van der Waals surface area contributed by atoms with Crippen molar-refractivity contribution in [2.75, 3.05) is 6.54 Å². The van der Waals surface area contributed by atoms with E-state index in [9.17, 15) is 15.3 Å². The van der Waals surface area contributed by atoms with Gasteiger partial charge in [-0.05, 0) is 12.0 Å². The van der Waals surface area contributed by atoms with Gasteiger partial charge < -0.3 is 30.1 Å². The van der Waals surface area contributed by atoms with Gasteiger partial charge in [-0.3, -0.25) is 0 Å². The van der Waals surface area contributed by atoms with Gasteiger partial charge in [0.2, 0.25) is 0 Å². The maximum Gasteiger partial charge on any atom is 0.285 e. The van der Waals surface area contributed by atoms with Gasteiger partial charge in [0.15, 0.2) is 6.10 Å². The van der Waals surface area contributed by atoms with Crippen LogP contribution < -0.4 is 5.32 Å². The van der Waals surface area contributed by atoms with Crippen LogP contribution >= 0.6 is 0 Å². The molecule has 0 amide bonds. The van der Waals surface area contributed by atoms with Gasteiger partial charge in [-0.15, -0.1) is 0 Å². The van der Waals surface area contributed by atoms with Crippen LogP contribution in [-0.2, 0) is 16.1 Å². The summed E-state index contributed by atoms with van der Waals surface area (Å²) >= 11 is 0. The number of amidine groups is 1. The summed E-state index contributed by atoms with van der Waals surface area (Å²) in [6, 6.07) is 9.48. The fourth-order valence-corrected chi connectivity index (χ4v) is 3.59. The van der Waals surface area contributed by atoms with Crippen LogP contribution in [0.15, 0.2) is 35.3 Å². The number of benzene rings is 1. The van der Waals surface area contributed by atoms with Crippen molar-refractivity contribution in [2.45, 2.75) is 75.8 Å². The Labute approximate surface area is 160 Å². The molecule has 6 atom stereocenters. The second kappa shape index (κ2) is 9.50. The highest BCUT2D eigenvalue weighted by atomic mass is 16.6. The number of unbranched alkanes of at least 4 members (excludes halogenated alkanes) is 3. The van der Waals surface area contributed by atoms with Crippen molar-refractivity contribution in [1.82, 2.24) is 5.32 Å². The minimum absolute atomic E-state index is 0.291. The standard InChI is InChI=1S/C20H30N2O5/c1-2-3-4-8-11-21-20-22-14-18(26-12-13-9-6-5-7-10-13)16(24)15(23)17(25)19(14)27-20/h5-7,9-10,14-19,23-25H,2-4,8,11-12H2,1H3,(H,21,22)/t14-,15+,16+,17-,18+,19-/m1/s1. The highest BCUT2D eigenvalue weighted by molar-refractivity contribution is 5.76. The van der Waals surface area contributed by atoms with Crippen molar-refractivity contribution in [2.24, 2.45) is 4.99 Å². The molecule has 150 valence electrons. The summed E-state index contributed by atoms with van der Waals surface area (Å²) in [6.07, 6.45) is -0.762. The lowest BCUT2D eigenvalue weighted by Gasteiger charge is -2.41. The number of aliphatic hydroxyl groups excluding tert-OH is 3. The van der Waals surface area contributed by atoms with Crippen LogP contribution in [0.25, 0.3) is 0 Å². The van der Waals surface area contributed by atoms with E-state index in [0.29, 0.717) is 19.2 Å². The number of nitrogens with zero attached hydrogens (tertiary/aromatic N) is 1. The molecule has 1 heterocycles. The van der Waals surface area contributed by atoms with Crippen molar-refractivity contribution in [1.29, 1.82) is 0 Å². The third kappa shape index (κ3) is 4.79. The first kappa shape index (κ1) is 20.1. The Hall–Kier alpha value is -1.67. The first-order chi connectivity index (χ1) is 13.1. The van der Waals surface area contributed by atoms with E-state index in [0.717, 1.165) is 24.8 Å². The number of aliphatic imine (C=N–C) groups is 1. The lowest BCUT2D eigenvalue weighted by Crippen LogP contribution is -2.65. The van der Waals surface area contributed by atoms with Crippen molar-refractivity contribution in [3.8, 4) is 0 Å². The Bertz CT molecular complexity index is 612. The fraction of sp³-hybridized carbons (Fsp3) is 0.650. The zero-order valence-electron chi connectivity index (χ0n) is 15.7. The molecule has 1 saturated heterocycles. The second-order valence-corrected chi connectivity index (χ2v) is 7.23. The molecule has 0 aromatic heterocycles. The Morgan fingerprint density at radius 2 is 1.81 bits per heavy atom. The van der Waals surface area contributed by atoms with Crippen molar-refractivity contribution in [3.63, 3.8) is 0 Å². The molecule has 1 aromatic rings. The Kier molecular flexibility index (Phi) is 7.07. The van der Waals surface area contributed by atoms with Gasteiger partial charge in [-0.1, -0.05) is 56.5 Å². The molecule has 27 heavy (non-hydrogen) atoms. The van der Waals surface area contributed by atoms with Gasteiger partial charge in [-0.25, -0.2) is 4.99 Å². The van der Waals surface area contributed by atoms with Gasteiger partial charge >= 0.3 is 0 Å². The Morgan fingerprint density at radius 1 is 1.04 bits per heavy atom. The Morgan fingerprint density at radius 3 is 2.56 bits per heavy atom. The SMILES string of the molecule is CCCCCCN=C1N[C@@H]2[C@H](OCc3ccccc3)[C@@H](O)[C@H](O)[C@@H](O)[C@@H]2O1. The maximum atomic E-state index is 10.4. The van der Waals surface area contributed by atoms with E-state index < -0.39 is 36.6 Å². The number of hydrogen-bond acceptors (Lipinski definition) is 6. The van der Waals surface area contributed by atoms with Crippen LogP contribution in [0.3, 0.4) is 0 Å². The topological polar surface area (TPSA) is 104 Å². The van der Waals surface area contributed by atoms with Crippen LogP contribution in [-0.4, -0.2) is 64.4 Å². The number of rotatable bonds is 8. The normalized spacial score (nSPS) is 34.1. The monoisotopic (exact) mass is 378 g/mol. The third-order valence-corrected chi connectivity index (χ3v) is 5.17. The summed E-state index contributed by atoms with van der Waals surface area (Å²) in [6.45, 7) is 3.09. The predicted molar refractivity (Wildman–Crippen MR) is 101 cm³/mol. The van der Waals surface area contributed by atoms with Gasteiger partial charge in [0.1, 0.15) is 24.4 Å². The molecule has 1 aliphatic heterocycles. The lowest BCUT2D eigenvalue weighted by atomic mass is 9.83. The molecular weight excluding hydrogens is 348 g/mol. The highest BCUT2D eigenvalue weighted by Crippen LogP contribution is 2.30. The average molecular weight is 378 g/mol. The summed E-state index contributed by atoms with van der Waals surface area (Å²) < 4.78 is 11.6. The van der Waals surface area contributed by atoms with Crippen LogP contribution in [0.2, 0.25) is 0 Å². The molecule has 2 fully saturated rings. The zero-order chi connectivity index (χ0) is 19.2. The molecule has 0 radical (unpaired) electrons. The molecule has 4 N–H and O–H groups in total. The largest absolute Gasteiger partial charge is 0.457 e. The number of hydrogen-bond donors (Lipinski definition) is 4. The quantitative estimate of drug-likeness (QED) is 0.503. The summed E-state index contributed by atoms with van der Waals surface area (Å²) in [4.78, 5) is 4.41. The van der Waals surface area contributed by atoms with Crippen LogP contribution in [0, 0.1) is 0 Å². The molecule has 7 nitrogen and oxygen atoms in total. The summed E-state index contributed by atoms with van der Waals surface area (Å²) in [5.74, 6) is 0. The summed E-state index contributed by atoms with van der Waals surface area (Å²) in [5, 5.41) is 34.0. The molecule has 0 unspecified atom stereocenters.